The Morgan fingerprint density at radius 2 is 2.10 bits per heavy atom. The summed E-state index contributed by atoms with van der Waals surface area (Å²) in [5.41, 5.74) is 0.752. The summed E-state index contributed by atoms with van der Waals surface area (Å²) >= 11 is 0. The highest BCUT2D eigenvalue weighted by Gasteiger charge is 2.04. The van der Waals surface area contributed by atoms with Crippen LogP contribution in [0.15, 0.2) is 11.6 Å². The fourth-order valence-electron chi connectivity index (χ4n) is 0.690. The van der Waals surface area contributed by atoms with Gasteiger partial charge in [0.25, 0.3) is 0 Å². The second kappa shape index (κ2) is 5.03. The van der Waals surface area contributed by atoms with Crippen molar-refractivity contribution in [2.45, 2.75) is 27.2 Å². The first-order valence-corrected chi connectivity index (χ1v) is 3.58. The Bertz CT molecular complexity index is 136. The lowest BCUT2D eigenvalue weighted by atomic mass is 10.2. The van der Waals surface area contributed by atoms with Crippen LogP contribution in [0.3, 0.4) is 0 Å². The van der Waals surface area contributed by atoms with Crippen molar-refractivity contribution in [2.24, 2.45) is 0 Å². The Kier molecular flexibility index (Phi) is 4.63. The zero-order valence-electron chi connectivity index (χ0n) is 6.81. The summed E-state index contributed by atoms with van der Waals surface area (Å²) < 4.78 is 4.78. The predicted octanol–water partition coefficient (Wildman–Crippen LogP) is 1.91. The van der Waals surface area contributed by atoms with E-state index in [0.717, 1.165) is 12.0 Å². The fourth-order valence-corrected chi connectivity index (χ4v) is 0.690. The molecule has 0 aliphatic rings. The molecule has 58 valence electrons. The van der Waals surface area contributed by atoms with Gasteiger partial charge < -0.3 is 4.74 Å². The maximum absolute atomic E-state index is 10.9. The summed E-state index contributed by atoms with van der Waals surface area (Å²) in [6.45, 7) is 6.04. The van der Waals surface area contributed by atoms with Crippen LogP contribution in [0.1, 0.15) is 27.2 Å². The van der Waals surface area contributed by atoms with Crippen molar-refractivity contribution in [2.75, 3.05) is 6.61 Å². The summed E-state index contributed by atoms with van der Waals surface area (Å²) in [7, 11) is 0. The Hall–Kier alpha value is -0.790. The van der Waals surface area contributed by atoms with E-state index >= 15 is 0 Å². The first-order chi connectivity index (χ1) is 4.76. The van der Waals surface area contributed by atoms with Gasteiger partial charge in [0.2, 0.25) is 0 Å². The molecular formula is C8H14O2. The van der Waals surface area contributed by atoms with Crippen molar-refractivity contribution >= 4 is 5.97 Å². The van der Waals surface area contributed by atoms with Crippen LogP contribution < -0.4 is 0 Å². The molecule has 0 N–H and O–H groups in total. The molecule has 0 fully saturated rings. The minimum atomic E-state index is -0.187. The molecule has 0 aliphatic heterocycles. The lowest BCUT2D eigenvalue weighted by molar-refractivity contribution is -0.138. The van der Waals surface area contributed by atoms with Gasteiger partial charge in [0.15, 0.2) is 0 Å². The minimum absolute atomic E-state index is 0.187. The van der Waals surface area contributed by atoms with Gasteiger partial charge in [-0.15, -0.1) is 0 Å². The highest BCUT2D eigenvalue weighted by molar-refractivity contribution is 5.88. The lowest BCUT2D eigenvalue weighted by Gasteiger charge is -2.01. The SMILES string of the molecule is CC=C(CC)C(=O)OCC. The summed E-state index contributed by atoms with van der Waals surface area (Å²) in [6, 6.07) is 0. The molecule has 0 saturated heterocycles. The smallest absolute Gasteiger partial charge is 0.333 e. The van der Waals surface area contributed by atoms with Crippen LogP contribution in [0.4, 0.5) is 0 Å². The second-order valence-electron chi connectivity index (χ2n) is 1.89. The van der Waals surface area contributed by atoms with E-state index in [-0.39, 0.29) is 5.97 Å². The summed E-state index contributed by atoms with van der Waals surface area (Å²) in [5, 5.41) is 0. The molecule has 0 rings (SSSR count). The van der Waals surface area contributed by atoms with E-state index in [0.29, 0.717) is 6.61 Å². The summed E-state index contributed by atoms with van der Waals surface area (Å²) in [6.07, 6.45) is 2.54. The molecule has 0 amide bonds. The van der Waals surface area contributed by atoms with Gasteiger partial charge in [-0.2, -0.15) is 0 Å². The van der Waals surface area contributed by atoms with Gasteiger partial charge in [0.1, 0.15) is 0 Å². The maximum atomic E-state index is 10.9. The standard InChI is InChI=1S/C8H14O2/c1-4-7(5-2)8(9)10-6-3/h4H,5-6H2,1-3H3. The number of hydrogen-bond donors (Lipinski definition) is 0. The molecule has 0 bridgehead atoms. The first-order valence-electron chi connectivity index (χ1n) is 3.58. The topological polar surface area (TPSA) is 26.3 Å². The van der Waals surface area contributed by atoms with E-state index in [9.17, 15) is 4.79 Å². The van der Waals surface area contributed by atoms with Gasteiger partial charge in [-0.3, -0.25) is 0 Å². The van der Waals surface area contributed by atoms with Crippen LogP contribution in [0.5, 0.6) is 0 Å². The molecule has 0 atom stereocenters. The number of carbonyl (C=O) groups excluding carboxylic acids is 1. The molecule has 0 aliphatic carbocycles. The monoisotopic (exact) mass is 142 g/mol. The van der Waals surface area contributed by atoms with Gasteiger partial charge in [-0.05, 0) is 20.3 Å². The molecular weight excluding hydrogens is 128 g/mol. The largest absolute Gasteiger partial charge is 0.463 e. The molecule has 0 unspecified atom stereocenters. The average molecular weight is 142 g/mol. The molecule has 0 heterocycles. The maximum Gasteiger partial charge on any atom is 0.333 e. The molecule has 0 saturated carbocycles. The number of ether oxygens (including phenoxy) is 1. The number of hydrogen-bond acceptors (Lipinski definition) is 2. The summed E-state index contributed by atoms with van der Waals surface area (Å²) in [5.74, 6) is -0.187. The van der Waals surface area contributed by atoms with Crippen molar-refractivity contribution < 1.29 is 9.53 Å². The third-order valence-corrected chi connectivity index (χ3v) is 1.27. The Morgan fingerprint density at radius 1 is 1.50 bits per heavy atom. The highest BCUT2D eigenvalue weighted by Crippen LogP contribution is 2.01. The fraction of sp³-hybridized carbons (Fsp3) is 0.625. The van der Waals surface area contributed by atoms with Crippen molar-refractivity contribution in [1.82, 2.24) is 0 Å². The Labute approximate surface area is 61.9 Å². The second-order valence-corrected chi connectivity index (χ2v) is 1.89. The molecule has 2 heteroatoms. The van der Waals surface area contributed by atoms with Crippen LogP contribution in [0, 0.1) is 0 Å². The van der Waals surface area contributed by atoms with Crippen LogP contribution in [-0.4, -0.2) is 12.6 Å². The van der Waals surface area contributed by atoms with Crippen molar-refractivity contribution in [3.8, 4) is 0 Å². The lowest BCUT2D eigenvalue weighted by Crippen LogP contribution is -2.06. The van der Waals surface area contributed by atoms with E-state index in [2.05, 4.69) is 0 Å². The van der Waals surface area contributed by atoms with Gasteiger partial charge in [0, 0.05) is 5.57 Å². The van der Waals surface area contributed by atoms with Crippen LogP contribution in [0.25, 0.3) is 0 Å². The Balaban J connectivity index is 3.91. The van der Waals surface area contributed by atoms with E-state index in [4.69, 9.17) is 4.74 Å². The molecule has 0 spiro atoms. The quantitative estimate of drug-likeness (QED) is 0.444. The molecule has 0 aromatic carbocycles. The number of carbonyl (C=O) groups is 1. The summed E-state index contributed by atoms with van der Waals surface area (Å²) in [4.78, 5) is 10.9. The van der Waals surface area contributed by atoms with Crippen LogP contribution >= 0.6 is 0 Å². The predicted molar refractivity (Wildman–Crippen MR) is 40.7 cm³/mol. The molecule has 0 aromatic rings. The van der Waals surface area contributed by atoms with E-state index < -0.39 is 0 Å². The van der Waals surface area contributed by atoms with Gasteiger partial charge >= 0.3 is 5.97 Å². The molecule has 0 radical (unpaired) electrons. The number of rotatable bonds is 3. The van der Waals surface area contributed by atoms with E-state index in [1.165, 1.54) is 0 Å². The Morgan fingerprint density at radius 3 is 2.40 bits per heavy atom. The van der Waals surface area contributed by atoms with Crippen molar-refractivity contribution in [3.05, 3.63) is 11.6 Å². The molecule has 2 nitrogen and oxygen atoms in total. The van der Waals surface area contributed by atoms with E-state index in [1.54, 1.807) is 13.0 Å². The minimum Gasteiger partial charge on any atom is -0.463 e. The van der Waals surface area contributed by atoms with Crippen LogP contribution in [0.2, 0.25) is 0 Å². The third-order valence-electron chi connectivity index (χ3n) is 1.27. The first kappa shape index (κ1) is 9.21. The van der Waals surface area contributed by atoms with Crippen LogP contribution in [-0.2, 0) is 9.53 Å². The van der Waals surface area contributed by atoms with Crippen molar-refractivity contribution in [1.29, 1.82) is 0 Å². The third kappa shape index (κ3) is 2.67. The number of allylic oxidation sites excluding steroid dienone is 1. The zero-order valence-corrected chi connectivity index (χ0v) is 6.81. The number of esters is 1. The average Bonchev–Trinajstić information content (AvgIpc) is 1.91. The van der Waals surface area contributed by atoms with Gasteiger partial charge in [-0.1, -0.05) is 13.0 Å². The molecule has 10 heavy (non-hydrogen) atoms. The van der Waals surface area contributed by atoms with Gasteiger partial charge in [0.05, 0.1) is 6.61 Å². The normalized spacial score (nSPS) is 11.3. The zero-order chi connectivity index (χ0) is 7.98. The van der Waals surface area contributed by atoms with Gasteiger partial charge in [-0.25, -0.2) is 4.79 Å². The molecule has 0 aromatic heterocycles. The van der Waals surface area contributed by atoms with Crippen molar-refractivity contribution in [3.63, 3.8) is 0 Å². The highest BCUT2D eigenvalue weighted by atomic mass is 16.5. The van der Waals surface area contributed by atoms with E-state index in [1.807, 2.05) is 13.8 Å².